The third kappa shape index (κ3) is 3.53. The fourth-order valence-corrected chi connectivity index (χ4v) is 3.79. The summed E-state index contributed by atoms with van der Waals surface area (Å²) in [5.74, 6) is 0.313. The van der Waals surface area contributed by atoms with Crippen LogP contribution in [0.4, 0.5) is 0 Å². The van der Waals surface area contributed by atoms with E-state index in [2.05, 4.69) is 10.2 Å². The van der Waals surface area contributed by atoms with E-state index in [1.54, 1.807) is 7.11 Å². The minimum absolute atomic E-state index is 0.291. The Bertz CT molecular complexity index is 300. The zero-order valence-corrected chi connectivity index (χ0v) is 13.1. The Morgan fingerprint density at radius 3 is 2.35 bits per heavy atom. The first-order valence-corrected chi connectivity index (χ1v) is 8.16. The highest BCUT2D eigenvalue weighted by atomic mass is 16.5. The summed E-state index contributed by atoms with van der Waals surface area (Å²) in [6.45, 7) is 2.41. The molecule has 20 heavy (non-hydrogen) atoms. The molecule has 0 aromatic carbocycles. The Morgan fingerprint density at radius 2 is 1.80 bits per heavy atom. The van der Waals surface area contributed by atoms with Crippen LogP contribution in [0.15, 0.2) is 0 Å². The molecule has 0 spiro atoms. The van der Waals surface area contributed by atoms with E-state index < -0.39 is 0 Å². The lowest BCUT2D eigenvalue weighted by molar-refractivity contribution is -0.148. The summed E-state index contributed by atoms with van der Waals surface area (Å²) in [6, 6.07) is 0.439. The Kier molecular flexibility index (Phi) is 5.85. The maximum Gasteiger partial charge on any atom is 0.231 e. The van der Waals surface area contributed by atoms with Crippen LogP contribution in [-0.2, 0) is 9.53 Å². The van der Waals surface area contributed by atoms with Crippen molar-refractivity contribution < 1.29 is 9.53 Å². The van der Waals surface area contributed by atoms with Crippen LogP contribution in [0.2, 0.25) is 0 Å². The number of hydrogen-bond donors (Lipinski definition) is 1. The molecule has 1 N–H and O–H groups in total. The molecule has 0 aromatic rings. The Hall–Kier alpha value is -0.610. The van der Waals surface area contributed by atoms with Gasteiger partial charge < -0.3 is 15.0 Å². The average Bonchev–Trinajstić information content (AvgIpc) is 2.76. The molecule has 1 saturated carbocycles. The number of ether oxygens (including phenoxy) is 1. The molecular weight excluding hydrogens is 252 g/mol. The van der Waals surface area contributed by atoms with E-state index in [9.17, 15) is 4.79 Å². The van der Waals surface area contributed by atoms with Crippen molar-refractivity contribution in [3.8, 4) is 0 Å². The second-order valence-corrected chi connectivity index (χ2v) is 6.52. The quantitative estimate of drug-likeness (QED) is 0.804. The van der Waals surface area contributed by atoms with E-state index >= 15 is 0 Å². The summed E-state index contributed by atoms with van der Waals surface area (Å²) in [5, 5.41) is 3.35. The van der Waals surface area contributed by atoms with E-state index in [4.69, 9.17) is 4.74 Å². The molecule has 0 atom stereocenters. The number of methoxy groups -OCH3 is 1. The first-order valence-electron chi connectivity index (χ1n) is 8.16. The number of nitrogens with zero attached hydrogens (tertiary/aromatic N) is 1. The summed E-state index contributed by atoms with van der Waals surface area (Å²) >= 11 is 0. The topological polar surface area (TPSA) is 41.6 Å². The fourth-order valence-electron chi connectivity index (χ4n) is 3.79. The lowest BCUT2D eigenvalue weighted by atomic mass is 9.78. The van der Waals surface area contributed by atoms with Gasteiger partial charge in [-0.1, -0.05) is 25.7 Å². The Labute approximate surface area is 123 Å². The van der Waals surface area contributed by atoms with Crippen molar-refractivity contribution in [3.63, 3.8) is 0 Å². The van der Waals surface area contributed by atoms with Crippen LogP contribution < -0.4 is 5.32 Å². The molecule has 1 saturated heterocycles. The Morgan fingerprint density at radius 1 is 1.20 bits per heavy atom. The lowest BCUT2D eigenvalue weighted by Crippen LogP contribution is -2.52. The molecule has 2 rings (SSSR count). The van der Waals surface area contributed by atoms with Gasteiger partial charge in [-0.15, -0.1) is 0 Å². The van der Waals surface area contributed by atoms with Gasteiger partial charge in [0.25, 0.3) is 0 Å². The van der Waals surface area contributed by atoms with Gasteiger partial charge in [-0.05, 0) is 38.8 Å². The van der Waals surface area contributed by atoms with E-state index in [0.717, 1.165) is 25.9 Å². The second kappa shape index (κ2) is 7.41. The molecular formula is C16H30N2O2. The highest BCUT2D eigenvalue weighted by molar-refractivity contribution is 5.83. The predicted molar refractivity (Wildman–Crippen MR) is 80.7 cm³/mol. The highest BCUT2D eigenvalue weighted by Crippen LogP contribution is 2.33. The first kappa shape index (κ1) is 15.8. The number of carbonyl (C=O) groups excluding carboxylic acids is 1. The summed E-state index contributed by atoms with van der Waals surface area (Å²) in [4.78, 5) is 15.1. The average molecular weight is 282 g/mol. The molecule has 0 bridgehead atoms. The molecule has 1 amide bonds. The van der Waals surface area contributed by atoms with Crippen molar-refractivity contribution >= 4 is 5.91 Å². The normalized spacial score (nSPS) is 24.1. The molecule has 1 aliphatic carbocycles. The van der Waals surface area contributed by atoms with Crippen molar-refractivity contribution in [2.75, 3.05) is 33.9 Å². The fraction of sp³-hybridized carbons (Fsp3) is 0.938. The smallest absolute Gasteiger partial charge is 0.231 e. The molecule has 1 heterocycles. The van der Waals surface area contributed by atoms with Crippen LogP contribution in [0, 0.1) is 5.41 Å². The van der Waals surface area contributed by atoms with Crippen molar-refractivity contribution in [2.45, 2.75) is 57.4 Å². The third-order valence-electron chi connectivity index (χ3n) is 5.13. The van der Waals surface area contributed by atoms with Crippen molar-refractivity contribution in [3.05, 3.63) is 0 Å². The first-order chi connectivity index (χ1) is 9.69. The summed E-state index contributed by atoms with van der Waals surface area (Å²) in [7, 11) is 3.72. The summed E-state index contributed by atoms with van der Waals surface area (Å²) < 4.78 is 5.39. The van der Waals surface area contributed by atoms with E-state index in [-0.39, 0.29) is 5.41 Å². The zero-order chi connectivity index (χ0) is 14.4. The minimum Gasteiger partial charge on any atom is -0.384 e. The van der Waals surface area contributed by atoms with Crippen LogP contribution >= 0.6 is 0 Å². The number of rotatable bonds is 4. The van der Waals surface area contributed by atoms with Crippen molar-refractivity contribution in [1.82, 2.24) is 10.2 Å². The molecule has 0 radical (unpaired) electrons. The molecule has 116 valence electrons. The molecule has 2 aliphatic rings. The maximum absolute atomic E-state index is 13.0. The second-order valence-electron chi connectivity index (χ2n) is 6.52. The molecule has 0 aromatic heterocycles. The minimum atomic E-state index is -0.291. The van der Waals surface area contributed by atoms with Crippen LogP contribution in [0.5, 0.6) is 0 Å². The Balaban J connectivity index is 2.05. The third-order valence-corrected chi connectivity index (χ3v) is 5.13. The SMILES string of the molecule is COCC1(C(=O)N(C)C2CCCCCC2)CCNCC1. The van der Waals surface area contributed by atoms with Crippen LogP contribution in [0.1, 0.15) is 51.4 Å². The van der Waals surface area contributed by atoms with Gasteiger partial charge >= 0.3 is 0 Å². The number of amides is 1. The highest BCUT2D eigenvalue weighted by Gasteiger charge is 2.42. The largest absolute Gasteiger partial charge is 0.384 e. The molecule has 4 heteroatoms. The van der Waals surface area contributed by atoms with E-state index in [1.165, 1.54) is 38.5 Å². The van der Waals surface area contributed by atoms with Crippen LogP contribution in [0.25, 0.3) is 0 Å². The summed E-state index contributed by atoms with van der Waals surface area (Å²) in [6.07, 6.45) is 9.32. The van der Waals surface area contributed by atoms with Gasteiger partial charge in [0.15, 0.2) is 0 Å². The van der Waals surface area contributed by atoms with Gasteiger partial charge in [-0.3, -0.25) is 4.79 Å². The standard InChI is InChI=1S/C16H30N2O2/c1-18(14-7-5-3-4-6-8-14)15(19)16(13-20-2)9-11-17-12-10-16/h14,17H,3-13H2,1-2H3. The molecule has 0 unspecified atom stereocenters. The number of hydrogen-bond acceptors (Lipinski definition) is 3. The van der Waals surface area contributed by atoms with Gasteiger partial charge in [-0.25, -0.2) is 0 Å². The molecule has 1 aliphatic heterocycles. The van der Waals surface area contributed by atoms with Gasteiger partial charge in [0.05, 0.1) is 12.0 Å². The van der Waals surface area contributed by atoms with Gasteiger partial charge in [0, 0.05) is 20.2 Å². The van der Waals surface area contributed by atoms with Crippen molar-refractivity contribution in [2.24, 2.45) is 5.41 Å². The molecule has 4 nitrogen and oxygen atoms in total. The van der Waals surface area contributed by atoms with Gasteiger partial charge in [-0.2, -0.15) is 0 Å². The lowest BCUT2D eigenvalue weighted by Gasteiger charge is -2.40. The van der Waals surface area contributed by atoms with Crippen molar-refractivity contribution in [1.29, 1.82) is 0 Å². The van der Waals surface area contributed by atoms with E-state index in [0.29, 0.717) is 18.6 Å². The summed E-state index contributed by atoms with van der Waals surface area (Å²) in [5.41, 5.74) is -0.291. The van der Waals surface area contributed by atoms with Crippen LogP contribution in [-0.4, -0.2) is 50.7 Å². The maximum atomic E-state index is 13.0. The number of piperidine rings is 1. The van der Waals surface area contributed by atoms with E-state index in [1.807, 2.05) is 7.05 Å². The zero-order valence-electron chi connectivity index (χ0n) is 13.1. The monoisotopic (exact) mass is 282 g/mol. The van der Waals surface area contributed by atoms with Crippen LogP contribution in [0.3, 0.4) is 0 Å². The predicted octanol–water partition coefficient (Wildman–Crippen LogP) is 2.18. The van der Waals surface area contributed by atoms with Gasteiger partial charge in [0.1, 0.15) is 0 Å². The number of carbonyl (C=O) groups is 1. The van der Waals surface area contributed by atoms with Gasteiger partial charge in [0.2, 0.25) is 5.91 Å². The number of nitrogens with one attached hydrogen (secondary N) is 1. The molecule has 2 fully saturated rings.